The number of rotatable bonds is 5. The molecule has 0 unspecified atom stereocenters. The molecule has 98 valence electrons. The molecule has 2 nitrogen and oxygen atoms in total. The summed E-state index contributed by atoms with van der Waals surface area (Å²) in [6.45, 7) is 6.72. The van der Waals surface area contributed by atoms with Gasteiger partial charge in [-0.25, -0.2) is 4.39 Å². The molecule has 0 bridgehead atoms. The Hall–Kier alpha value is -0.640. The topological polar surface area (TPSA) is 29.3 Å². The molecule has 0 radical (unpaired) electrons. The van der Waals surface area contributed by atoms with Gasteiger partial charge in [-0.1, -0.05) is 26.0 Å². The highest BCUT2D eigenvalue weighted by molar-refractivity contribution is 5.85. The van der Waals surface area contributed by atoms with Crippen LogP contribution in [0.25, 0.3) is 0 Å². The van der Waals surface area contributed by atoms with Gasteiger partial charge in [-0.05, 0) is 36.7 Å². The monoisotopic (exact) mass is 260 g/mol. The molecule has 0 spiro atoms. The van der Waals surface area contributed by atoms with Crippen molar-refractivity contribution >= 4 is 12.4 Å². The van der Waals surface area contributed by atoms with Gasteiger partial charge in [0.15, 0.2) is 0 Å². The number of halogens is 2. The van der Waals surface area contributed by atoms with E-state index < -0.39 is 0 Å². The maximum absolute atomic E-state index is 12.7. The first-order valence-electron chi connectivity index (χ1n) is 5.56. The molecule has 1 rings (SSSR count). The number of nitrogens with zero attached hydrogens (tertiary/aromatic N) is 1. The van der Waals surface area contributed by atoms with Gasteiger partial charge in [-0.2, -0.15) is 0 Å². The highest BCUT2D eigenvalue weighted by Gasteiger charge is 2.17. The second-order valence-corrected chi connectivity index (χ2v) is 5.17. The van der Waals surface area contributed by atoms with Crippen molar-refractivity contribution in [2.75, 3.05) is 20.1 Å². The van der Waals surface area contributed by atoms with Crippen molar-refractivity contribution < 1.29 is 4.39 Å². The van der Waals surface area contributed by atoms with Crippen molar-refractivity contribution in [2.45, 2.75) is 20.4 Å². The Morgan fingerprint density at radius 1 is 1.24 bits per heavy atom. The van der Waals surface area contributed by atoms with Crippen LogP contribution in [0.2, 0.25) is 0 Å². The first kappa shape index (κ1) is 16.4. The smallest absolute Gasteiger partial charge is 0.123 e. The lowest BCUT2D eigenvalue weighted by atomic mass is 9.93. The zero-order valence-corrected chi connectivity index (χ0v) is 11.6. The van der Waals surface area contributed by atoms with Crippen molar-refractivity contribution in [2.24, 2.45) is 11.1 Å². The fraction of sp³-hybridized carbons (Fsp3) is 0.538. The standard InChI is InChI=1S/C13H21FN2.ClH/c1-13(2,9-15)10-16(3)8-11-4-6-12(14)7-5-11;/h4-7H,8-10,15H2,1-3H3;1H. The number of hydrogen-bond acceptors (Lipinski definition) is 2. The molecule has 0 atom stereocenters. The molecule has 0 aromatic heterocycles. The Morgan fingerprint density at radius 3 is 2.24 bits per heavy atom. The molecular formula is C13H22ClFN2. The van der Waals surface area contributed by atoms with Crippen LogP contribution in [0.15, 0.2) is 24.3 Å². The summed E-state index contributed by atoms with van der Waals surface area (Å²) in [7, 11) is 2.06. The lowest BCUT2D eigenvalue weighted by Crippen LogP contribution is -2.36. The average molecular weight is 261 g/mol. The van der Waals surface area contributed by atoms with E-state index >= 15 is 0 Å². The summed E-state index contributed by atoms with van der Waals surface area (Å²) in [5, 5.41) is 0. The highest BCUT2D eigenvalue weighted by atomic mass is 35.5. The molecular weight excluding hydrogens is 239 g/mol. The summed E-state index contributed by atoms with van der Waals surface area (Å²) >= 11 is 0. The first-order valence-corrected chi connectivity index (χ1v) is 5.56. The van der Waals surface area contributed by atoms with Crippen LogP contribution in [-0.2, 0) is 6.54 Å². The molecule has 0 saturated carbocycles. The molecule has 1 aromatic carbocycles. The zero-order chi connectivity index (χ0) is 12.2. The molecule has 1 aromatic rings. The van der Waals surface area contributed by atoms with Gasteiger partial charge in [0.05, 0.1) is 0 Å². The summed E-state index contributed by atoms with van der Waals surface area (Å²) in [5.41, 5.74) is 6.93. The van der Waals surface area contributed by atoms with Crippen molar-refractivity contribution in [1.29, 1.82) is 0 Å². The second-order valence-electron chi connectivity index (χ2n) is 5.17. The minimum Gasteiger partial charge on any atom is -0.330 e. The first-order chi connectivity index (χ1) is 7.43. The highest BCUT2D eigenvalue weighted by Crippen LogP contribution is 2.15. The van der Waals surface area contributed by atoms with Crippen LogP contribution in [0.1, 0.15) is 19.4 Å². The molecule has 0 fully saturated rings. The van der Waals surface area contributed by atoms with E-state index in [1.165, 1.54) is 12.1 Å². The minimum absolute atomic E-state index is 0. The van der Waals surface area contributed by atoms with Gasteiger partial charge in [-0.3, -0.25) is 0 Å². The van der Waals surface area contributed by atoms with E-state index in [1.54, 1.807) is 0 Å². The summed E-state index contributed by atoms with van der Waals surface area (Å²) in [4.78, 5) is 2.21. The molecule has 0 saturated heterocycles. The number of nitrogens with two attached hydrogens (primary N) is 1. The summed E-state index contributed by atoms with van der Waals surface area (Å²) < 4.78 is 12.7. The predicted octanol–water partition coefficient (Wildman–Crippen LogP) is 2.66. The Labute approximate surface area is 109 Å². The maximum Gasteiger partial charge on any atom is 0.123 e. The third kappa shape index (κ3) is 6.01. The third-order valence-electron chi connectivity index (χ3n) is 2.62. The van der Waals surface area contributed by atoms with E-state index in [4.69, 9.17) is 5.73 Å². The quantitative estimate of drug-likeness (QED) is 0.882. The van der Waals surface area contributed by atoms with Crippen LogP contribution in [-0.4, -0.2) is 25.0 Å². The van der Waals surface area contributed by atoms with E-state index in [2.05, 4.69) is 25.8 Å². The van der Waals surface area contributed by atoms with E-state index in [9.17, 15) is 4.39 Å². The third-order valence-corrected chi connectivity index (χ3v) is 2.62. The van der Waals surface area contributed by atoms with Crippen molar-refractivity contribution in [1.82, 2.24) is 4.90 Å². The molecule has 0 aliphatic rings. The lowest BCUT2D eigenvalue weighted by Gasteiger charge is -2.29. The SMILES string of the molecule is CN(Cc1ccc(F)cc1)CC(C)(C)CN.Cl. The van der Waals surface area contributed by atoms with Crippen molar-refractivity contribution in [3.8, 4) is 0 Å². The fourth-order valence-electron chi connectivity index (χ4n) is 1.75. The van der Waals surface area contributed by atoms with Gasteiger partial charge in [0, 0.05) is 13.1 Å². The maximum atomic E-state index is 12.7. The van der Waals surface area contributed by atoms with Gasteiger partial charge in [-0.15, -0.1) is 12.4 Å². The van der Waals surface area contributed by atoms with E-state index in [-0.39, 0.29) is 23.6 Å². The molecule has 0 heterocycles. The van der Waals surface area contributed by atoms with E-state index in [0.29, 0.717) is 6.54 Å². The van der Waals surface area contributed by atoms with Crippen LogP contribution in [0.3, 0.4) is 0 Å². The van der Waals surface area contributed by atoms with Crippen LogP contribution >= 0.6 is 12.4 Å². The largest absolute Gasteiger partial charge is 0.330 e. The van der Waals surface area contributed by atoms with Gasteiger partial charge in [0.1, 0.15) is 5.82 Å². The molecule has 2 N–H and O–H groups in total. The Kier molecular flexibility index (Phi) is 6.68. The summed E-state index contributed by atoms with van der Waals surface area (Å²) in [6, 6.07) is 6.64. The Balaban J connectivity index is 0.00000256. The minimum atomic E-state index is -0.186. The molecule has 17 heavy (non-hydrogen) atoms. The molecule has 0 aliphatic heterocycles. The molecule has 0 aliphatic carbocycles. The predicted molar refractivity (Wildman–Crippen MR) is 72.8 cm³/mol. The fourth-order valence-corrected chi connectivity index (χ4v) is 1.75. The van der Waals surface area contributed by atoms with Gasteiger partial charge >= 0.3 is 0 Å². The molecule has 0 amide bonds. The zero-order valence-electron chi connectivity index (χ0n) is 10.7. The number of benzene rings is 1. The van der Waals surface area contributed by atoms with Crippen molar-refractivity contribution in [3.05, 3.63) is 35.6 Å². The van der Waals surface area contributed by atoms with Crippen molar-refractivity contribution in [3.63, 3.8) is 0 Å². The average Bonchev–Trinajstić information content (AvgIpc) is 2.21. The van der Waals surface area contributed by atoms with E-state index in [0.717, 1.165) is 18.7 Å². The van der Waals surface area contributed by atoms with Crippen LogP contribution in [0.5, 0.6) is 0 Å². The van der Waals surface area contributed by atoms with Crippen LogP contribution in [0, 0.1) is 11.2 Å². The molecule has 4 heteroatoms. The van der Waals surface area contributed by atoms with E-state index in [1.807, 2.05) is 12.1 Å². The van der Waals surface area contributed by atoms with Gasteiger partial charge < -0.3 is 10.6 Å². The second kappa shape index (κ2) is 6.94. The Morgan fingerprint density at radius 2 is 1.76 bits per heavy atom. The number of hydrogen-bond donors (Lipinski definition) is 1. The summed E-state index contributed by atoms with van der Waals surface area (Å²) in [5.74, 6) is -0.186. The normalized spacial score (nSPS) is 11.4. The van der Waals surface area contributed by atoms with Gasteiger partial charge in [0.2, 0.25) is 0 Å². The van der Waals surface area contributed by atoms with Gasteiger partial charge in [0.25, 0.3) is 0 Å². The van der Waals surface area contributed by atoms with Crippen LogP contribution < -0.4 is 5.73 Å². The Bertz CT molecular complexity index is 325. The van der Waals surface area contributed by atoms with Crippen LogP contribution in [0.4, 0.5) is 4.39 Å². The summed E-state index contributed by atoms with van der Waals surface area (Å²) in [6.07, 6.45) is 0. The lowest BCUT2D eigenvalue weighted by molar-refractivity contribution is 0.210.